The number of ether oxygens (including phenoxy) is 1. The van der Waals surface area contributed by atoms with E-state index in [1.807, 2.05) is 12.1 Å². The number of methoxy groups -OCH3 is 1. The molecule has 1 aromatic heterocycles. The Morgan fingerprint density at radius 2 is 2.00 bits per heavy atom. The molecule has 0 unspecified atom stereocenters. The van der Waals surface area contributed by atoms with Gasteiger partial charge in [-0.2, -0.15) is 0 Å². The van der Waals surface area contributed by atoms with Crippen molar-refractivity contribution in [1.29, 1.82) is 0 Å². The molecule has 1 aromatic carbocycles. The first-order valence-corrected chi connectivity index (χ1v) is 5.48. The van der Waals surface area contributed by atoms with E-state index in [9.17, 15) is 0 Å². The molecule has 0 saturated heterocycles. The highest BCUT2D eigenvalue weighted by molar-refractivity contribution is 5.82. The molecule has 3 heteroatoms. The zero-order valence-corrected chi connectivity index (χ0v) is 10.3. The molecule has 0 aliphatic carbocycles. The largest absolute Gasteiger partial charge is 0.496 e. The van der Waals surface area contributed by atoms with Gasteiger partial charge in [0.1, 0.15) is 5.75 Å². The third-order valence-electron chi connectivity index (χ3n) is 2.78. The van der Waals surface area contributed by atoms with Gasteiger partial charge in [-0.05, 0) is 37.1 Å². The van der Waals surface area contributed by atoms with E-state index in [-0.39, 0.29) is 0 Å². The van der Waals surface area contributed by atoms with Gasteiger partial charge in [0, 0.05) is 17.3 Å². The van der Waals surface area contributed by atoms with E-state index in [0.717, 1.165) is 22.4 Å². The minimum Gasteiger partial charge on any atom is -0.496 e. The Morgan fingerprint density at radius 3 is 2.65 bits per heavy atom. The second kappa shape index (κ2) is 4.45. The molecule has 2 aromatic rings. The van der Waals surface area contributed by atoms with Gasteiger partial charge in [0.05, 0.1) is 19.0 Å². The number of hydrogen-bond donors (Lipinski definition) is 1. The van der Waals surface area contributed by atoms with Crippen molar-refractivity contribution in [3.05, 3.63) is 41.7 Å². The van der Waals surface area contributed by atoms with Gasteiger partial charge in [-0.3, -0.25) is 4.98 Å². The molecule has 88 valence electrons. The maximum atomic E-state index is 5.97. The molecule has 2 N–H and O–H groups in total. The van der Waals surface area contributed by atoms with Crippen LogP contribution in [0.15, 0.2) is 30.6 Å². The highest BCUT2D eigenvalue weighted by Crippen LogP contribution is 2.36. The van der Waals surface area contributed by atoms with Gasteiger partial charge in [-0.25, -0.2) is 0 Å². The molecule has 0 saturated carbocycles. The average Bonchev–Trinajstić information content (AvgIpc) is 2.29. The van der Waals surface area contributed by atoms with E-state index in [0.29, 0.717) is 5.69 Å². The lowest BCUT2D eigenvalue weighted by Crippen LogP contribution is -1.96. The predicted octanol–water partition coefficient (Wildman–Crippen LogP) is 2.96. The molecule has 2 rings (SSSR count). The van der Waals surface area contributed by atoms with Crippen LogP contribution in [0.4, 0.5) is 5.69 Å². The van der Waals surface area contributed by atoms with Gasteiger partial charge in [0.25, 0.3) is 0 Å². The predicted molar refractivity (Wildman–Crippen MR) is 70.1 cm³/mol. The SMILES string of the molecule is COc1cc(C)cc(C)c1-c1ccncc1N. The van der Waals surface area contributed by atoms with Crippen LogP contribution in [-0.4, -0.2) is 12.1 Å². The third kappa shape index (κ3) is 2.09. The Bertz CT molecular complexity index is 550. The first kappa shape index (κ1) is 11.5. The quantitative estimate of drug-likeness (QED) is 0.859. The Morgan fingerprint density at radius 1 is 1.24 bits per heavy atom. The number of anilines is 1. The van der Waals surface area contributed by atoms with E-state index in [1.165, 1.54) is 5.56 Å². The van der Waals surface area contributed by atoms with Crippen LogP contribution < -0.4 is 10.5 Å². The van der Waals surface area contributed by atoms with Gasteiger partial charge in [-0.15, -0.1) is 0 Å². The van der Waals surface area contributed by atoms with E-state index in [4.69, 9.17) is 10.5 Å². The van der Waals surface area contributed by atoms with Crippen molar-refractivity contribution in [3.63, 3.8) is 0 Å². The summed E-state index contributed by atoms with van der Waals surface area (Å²) in [6.45, 7) is 4.11. The van der Waals surface area contributed by atoms with Crippen LogP contribution in [0.2, 0.25) is 0 Å². The lowest BCUT2D eigenvalue weighted by molar-refractivity contribution is 0.416. The van der Waals surface area contributed by atoms with Crippen LogP contribution >= 0.6 is 0 Å². The average molecular weight is 228 g/mol. The lowest BCUT2D eigenvalue weighted by Gasteiger charge is -2.14. The normalized spacial score (nSPS) is 10.3. The summed E-state index contributed by atoms with van der Waals surface area (Å²) >= 11 is 0. The zero-order valence-electron chi connectivity index (χ0n) is 10.3. The molecule has 0 aliphatic rings. The second-order valence-corrected chi connectivity index (χ2v) is 4.12. The first-order valence-electron chi connectivity index (χ1n) is 5.48. The van der Waals surface area contributed by atoms with Gasteiger partial charge in [0.2, 0.25) is 0 Å². The molecule has 0 aliphatic heterocycles. The molecule has 0 atom stereocenters. The lowest BCUT2D eigenvalue weighted by atomic mass is 9.97. The van der Waals surface area contributed by atoms with Crippen LogP contribution in [0, 0.1) is 13.8 Å². The molecule has 1 heterocycles. The number of benzene rings is 1. The number of aromatic nitrogens is 1. The summed E-state index contributed by atoms with van der Waals surface area (Å²) in [6, 6.07) is 6.05. The number of nitrogens with zero attached hydrogens (tertiary/aromatic N) is 1. The van der Waals surface area contributed by atoms with Crippen LogP contribution in [0.5, 0.6) is 5.75 Å². The Hall–Kier alpha value is -2.03. The number of rotatable bonds is 2. The summed E-state index contributed by atoms with van der Waals surface area (Å²) in [5.74, 6) is 0.848. The number of nitrogen functional groups attached to an aromatic ring is 1. The molecule has 3 nitrogen and oxygen atoms in total. The summed E-state index contributed by atoms with van der Waals surface area (Å²) in [6.07, 6.45) is 3.40. The number of nitrogens with two attached hydrogens (primary N) is 1. The fourth-order valence-corrected chi connectivity index (χ4v) is 2.07. The summed E-state index contributed by atoms with van der Waals surface area (Å²) in [5.41, 5.74) is 11.0. The van der Waals surface area contributed by atoms with Crippen molar-refractivity contribution in [1.82, 2.24) is 4.98 Å². The molecule has 0 bridgehead atoms. The molecule has 17 heavy (non-hydrogen) atoms. The Kier molecular flexibility index (Phi) is 3.00. The van der Waals surface area contributed by atoms with Crippen molar-refractivity contribution in [2.24, 2.45) is 0 Å². The Balaban J connectivity index is 2.71. The standard InChI is InChI=1S/C14H16N2O/c1-9-6-10(2)14(13(7-9)17-3)11-4-5-16-8-12(11)15/h4-8H,15H2,1-3H3. The van der Waals surface area contributed by atoms with E-state index in [2.05, 4.69) is 24.9 Å². The minimum atomic E-state index is 0.665. The summed E-state index contributed by atoms with van der Waals surface area (Å²) in [4.78, 5) is 4.01. The van der Waals surface area contributed by atoms with Crippen molar-refractivity contribution in [2.45, 2.75) is 13.8 Å². The van der Waals surface area contributed by atoms with Crippen LogP contribution in [-0.2, 0) is 0 Å². The maximum Gasteiger partial charge on any atom is 0.127 e. The maximum absolute atomic E-state index is 5.97. The molecular weight excluding hydrogens is 212 g/mol. The minimum absolute atomic E-state index is 0.665. The zero-order chi connectivity index (χ0) is 12.4. The van der Waals surface area contributed by atoms with Crippen LogP contribution in [0.1, 0.15) is 11.1 Å². The molecule has 0 fully saturated rings. The van der Waals surface area contributed by atoms with Crippen LogP contribution in [0.3, 0.4) is 0 Å². The fraction of sp³-hybridized carbons (Fsp3) is 0.214. The number of aryl methyl sites for hydroxylation is 2. The topological polar surface area (TPSA) is 48.1 Å². The highest BCUT2D eigenvalue weighted by atomic mass is 16.5. The summed E-state index contributed by atoms with van der Waals surface area (Å²) in [7, 11) is 1.68. The third-order valence-corrected chi connectivity index (χ3v) is 2.78. The monoisotopic (exact) mass is 228 g/mol. The van der Waals surface area contributed by atoms with Gasteiger partial charge in [-0.1, -0.05) is 6.07 Å². The smallest absolute Gasteiger partial charge is 0.127 e. The van der Waals surface area contributed by atoms with E-state index >= 15 is 0 Å². The van der Waals surface area contributed by atoms with Gasteiger partial charge in [0.15, 0.2) is 0 Å². The first-order chi connectivity index (χ1) is 8.13. The van der Waals surface area contributed by atoms with Crippen LogP contribution in [0.25, 0.3) is 11.1 Å². The second-order valence-electron chi connectivity index (χ2n) is 4.12. The molecule has 0 amide bonds. The van der Waals surface area contributed by atoms with Gasteiger partial charge >= 0.3 is 0 Å². The van der Waals surface area contributed by atoms with E-state index in [1.54, 1.807) is 19.5 Å². The van der Waals surface area contributed by atoms with E-state index < -0.39 is 0 Å². The molecule has 0 spiro atoms. The summed E-state index contributed by atoms with van der Waals surface area (Å²) in [5, 5.41) is 0. The molecular formula is C14H16N2O. The van der Waals surface area contributed by atoms with Crippen molar-refractivity contribution < 1.29 is 4.74 Å². The Labute approximate surface area is 101 Å². The fourth-order valence-electron chi connectivity index (χ4n) is 2.07. The van der Waals surface area contributed by atoms with Crippen molar-refractivity contribution in [2.75, 3.05) is 12.8 Å². The molecule has 0 radical (unpaired) electrons. The number of pyridine rings is 1. The van der Waals surface area contributed by atoms with Gasteiger partial charge < -0.3 is 10.5 Å². The van der Waals surface area contributed by atoms with Crippen molar-refractivity contribution in [3.8, 4) is 16.9 Å². The highest BCUT2D eigenvalue weighted by Gasteiger charge is 2.12. The van der Waals surface area contributed by atoms with Crippen molar-refractivity contribution >= 4 is 5.69 Å². The summed E-state index contributed by atoms with van der Waals surface area (Å²) < 4.78 is 5.44. The number of hydrogen-bond acceptors (Lipinski definition) is 3.